The van der Waals surface area contributed by atoms with Gasteiger partial charge in [-0.1, -0.05) is 13.8 Å². The van der Waals surface area contributed by atoms with Crippen LogP contribution in [0, 0.1) is 17.8 Å². The van der Waals surface area contributed by atoms with Crippen LogP contribution < -0.4 is 5.73 Å². The minimum Gasteiger partial charge on any atom is -0.328 e. The Morgan fingerprint density at radius 3 is 2.00 bits per heavy atom. The summed E-state index contributed by atoms with van der Waals surface area (Å²) < 4.78 is 0. The molecule has 1 fully saturated rings. The van der Waals surface area contributed by atoms with Gasteiger partial charge in [0.2, 0.25) is 0 Å². The maximum absolute atomic E-state index is 5.74. The number of hydrogen-bond donors (Lipinski definition) is 1. The Morgan fingerprint density at radius 1 is 1.44 bits per heavy atom. The van der Waals surface area contributed by atoms with E-state index in [9.17, 15) is 0 Å². The molecule has 1 saturated carbocycles. The molecule has 0 spiro atoms. The molecule has 1 nitrogen and oxygen atoms in total. The van der Waals surface area contributed by atoms with E-state index in [1.807, 2.05) is 0 Å². The summed E-state index contributed by atoms with van der Waals surface area (Å²) in [5, 5.41) is 0. The molecule has 2 N–H and O–H groups in total. The van der Waals surface area contributed by atoms with E-state index in [1.54, 1.807) is 0 Å². The van der Waals surface area contributed by atoms with Crippen molar-refractivity contribution in [1.29, 1.82) is 0 Å². The van der Waals surface area contributed by atoms with E-state index in [-0.39, 0.29) is 0 Å². The molecule has 9 heavy (non-hydrogen) atoms. The molecule has 0 aromatic rings. The van der Waals surface area contributed by atoms with E-state index in [1.165, 1.54) is 6.42 Å². The molecule has 4 atom stereocenters. The van der Waals surface area contributed by atoms with Crippen LogP contribution in [-0.4, -0.2) is 6.04 Å². The smallest absolute Gasteiger partial charge is 0.00388 e. The molecule has 1 heteroatoms. The zero-order valence-corrected chi connectivity index (χ0v) is 6.59. The largest absolute Gasteiger partial charge is 0.328 e. The standard InChI is InChI=1S/C8H17N/c1-5-4-8(5)6(2)7(3)9/h5-8H,4,9H2,1-3H3. The Morgan fingerprint density at radius 2 is 1.89 bits per heavy atom. The van der Waals surface area contributed by atoms with Gasteiger partial charge in [-0.15, -0.1) is 0 Å². The molecule has 1 aliphatic rings. The highest BCUT2D eigenvalue weighted by Crippen LogP contribution is 2.44. The monoisotopic (exact) mass is 127 g/mol. The summed E-state index contributed by atoms with van der Waals surface area (Å²) >= 11 is 0. The summed E-state index contributed by atoms with van der Waals surface area (Å²) in [5.41, 5.74) is 5.74. The van der Waals surface area contributed by atoms with Crippen LogP contribution in [0.4, 0.5) is 0 Å². The molecule has 0 amide bonds. The summed E-state index contributed by atoms with van der Waals surface area (Å²) in [6.07, 6.45) is 1.41. The van der Waals surface area contributed by atoms with Gasteiger partial charge in [-0.3, -0.25) is 0 Å². The van der Waals surface area contributed by atoms with Crippen molar-refractivity contribution in [1.82, 2.24) is 0 Å². The first kappa shape index (κ1) is 7.07. The van der Waals surface area contributed by atoms with Crippen molar-refractivity contribution >= 4 is 0 Å². The molecule has 0 saturated heterocycles. The van der Waals surface area contributed by atoms with Crippen LogP contribution in [0.25, 0.3) is 0 Å². The Hall–Kier alpha value is -0.0400. The van der Waals surface area contributed by atoms with Crippen molar-refractivity contribution in [3.05, 3.63) is 0 Å². The van der Waals surface area contributed by atoms with Crippen LogP contribution in [0.3, 0.4) is 0 Å². The van der Waals surface area contributed by atoms with Crippen LogP contribution in [0.1, 0.15) is 27.2 Å². The molecule has 0 aromatic carbocycles. The summed E-state index contributed by atoms with van der Waals surface area (Å²) in [4.78, 5) is 0. The lowest BCUT2D eigenvalue weighted by Crippen LogP contribution is -2.25. The van der Waals surface area contributed by atoms with Gasteiger partial charge in [-0.2, -0.15) is 0 Å². The molecule has 0 radical (unpaired) electrons. The van der Waals surface area contributed by atoms with E-state index in [0.717, 1.165) is 17.8 Å². The minimum atomic E-state index is 0.389. The van der Waals surface area contributed by atoms with E-state index in [2.05, 4.69) is 20.8 Å². The molecule has 0 aromatic heterocycles. The maximum atomic E-state index is 5.74. The van der Waals surface area contributed by atoms with Crippen LogP contribution in [0.5, 0.6) is 0 Å². The van der Waals surface area contributed by atoms with Crippen molar-refractivity contribution in [3.63, 3.8) is 0 Å². The third-order valence-electron chi connectivity index (χ3n) is 2.68. The Bertz CT molecular complexity index is 98.7. The molecule has 4 unspecified atom stereocenters. The first-order valence-electron chi connectivity index (χ1n) is 3.88. The summed E-state index contributed by atoms with van der Waals surface area (Å²) in [6, 6.07) is 0.389. The molecule has 0 heterocycles. The summed E-state index contributed by atoms with van der Waals surface area (Å²) in [7, 11) is 0. The highest BCUT2D eigenvalue weighted by Gasteiger charge is 2.38. The fourth-order valence-corrected chi connectivity index (χ4v) is 1.47. The summed E-state index contributed by atoms with van der Waals surface area (Å²) in [5.74, 6) is 2.62. The van der Waals surface area contributed by atoms with Crippen molar-refractivity contribution in [2.45, 2.75) is 33.2 Å². The van der Waals surface area contributed by atoms with Gasteiger partial charge in [0.25, 0.3) is 0 Å². The normalized spacial score (nSPS) is 40.0. The quantitative estimate of drug-likeness (QED) is 0.599. The highest BCUT2D eigenvalue weighted by atomic mass is 14.6. The number of nitrogens with two attached hydrogens (primary N) is 1. The van der Waals surface area contributed by atoms with Gasteiger partial charge in [0, 0.05) is 6.04 Å². The lowest BCUT2D eigenvalue weighted by atomic mass is 9.98. The number of hydrogen-bond acceptors (Lipinski definition) is 1. The fourth-order valence-electron chi connectivity index (χ4n) is 1.47. The Kier molecular flexibility index (Phi) is 1.80. The van der Waals surface area contributed by atoms with Gasteiger partial charge in [-0.05, 0) is 31.1 Å². The van der Waals surface area contributed by atoms with Crippen molar-refractivity contribution in [2.75, 3.05) is 0 Å². The van der Waals surface area contributed by atoms with Gasteiger partial charge in [0.15, 0.2) is 0 Å². The zero-order chi connectivity index (χ0) is 7.02. The topological polar surface area (TPSA) is 26.0 Å². The van der Waals surface area contributed by atoms with Crippen LogP contribution in [0.15, 0.2) is 0 Å². The molecule has 1 aliphatic carbocycles. The predicted octanol–water partition coefficient (Wildman–Crippen LogP) is 1.63. The van der Waals surface area contributed by atoms with Crippen molar-refractivity contribution < 1.29 is 0 Å². The van der Waals surface area contributed by atoms with Crippen molar-refractivity contribution in [2.24, 2.45) is 23.5 Å². The molecular formula is C8H17N. The van der Waals surface area contributed by atoms with E-state index in [0.29, 0.717) is 6.04 Å². The Labute approximate surface area is 57.6 Å². The average Bonchev–Trinajstić information content (AvgIpc) is 2.44. The number of rotatable bonds is 2. The van der Waals surface area contributed by atoms with Crippen LogP contribution >= 0.6 is 0 Å². The first-order valence-corrected chi connectivity index (χ1v) is 3.88. The molecule has 54 valence electrons. The van der Waals surface area contributed by atoms with Gasteiger partial charge in [-0.25, -0.2) is 0 Å². The molecule has 1 rings (SSSR count). The van der Waals surface area contributed by atoms with Gasteiger partial charge in [0.1, 0.15) is 0 Å². The van der Waals surface area contributed by atoms with E-state index < -0.39 is 0 Å². The van der Waals surface area contributed by atoms with E-state index >= 15 is 0 Å². The fraction of sp³-hybridized carbons (Fsp3) is 1.00. The average molecular weight is 127 g/mol. The SMILES string of the molecule is CC(N)C(C)C1CC1C. The first-order chi connectivity index (χ1) is 4.13. The zero-order valence-electron chi connectivity index (χ0n) is 6.59. The van der Waals surface area contributed by atoms with Crippen LogP contribution in [0.2, 0.25) is 0 Å². The van der Waals surface area contributed by atoms with Gasteiger partial charge >= 0.3 is 0 Å². The highest BCUT2D eigenvalue weighted by molar-refractivity contribution is 4.89. The second-order valence-corrected chi connectivity index (χ2v) is 3.60. The maximum Gasteiger partial charge on any atom is 0.00388 e. The summed E-state index contributed by atoms with van der Waals surface area (Å²) in [6.45, 7) is 6.68. The van der Waals surface area contributed by atoms with Crippen LogP contribution in [-0.2, 0) is 0 Å². The molecular weight excluding hydrogens is 110 g/mol. The lowest BCUT2D eigenvalue weighted by Gasteiger charge is -2.13. The molecule has 0 bridgehead atoms. The third-order valence-corrected chi connectivity index (χ3v) is 2.68. The second-order valence-electron chi connectivity index (χ2n) is 3.60. The molecule has 0 aliphatic heterocycles. The predicted molar refractivity (Wildman–Crippen MR) is 40.1 cm³/mol. The second kappa shape index (κ2) is 2.30. The minimum absolute atomic E-state index is 0.389. The van der Waals surface area contributed by atoms with E-state index in [4.69, 9.17) is 5.73 Å². The van der Waals surface area contributed by atoms with Gasteiger partial charge < -0.3 is 5.73 Å². The van der Waals surface area contributed by atoms with Crippen molar-refractivity contribution in [3.8, 4) is 0 Å². The van der Waals surface area contributed by atoms with Gasteiger partial charge in [0.05, 0.1) is 0 Å². The Balaban J connectivity index is 2.27. The third kappa shape index (κ3) is 1.45. The lowest BCUT2D eigenvalue weighted by molar-refractivity contribution is 0.412.